The number of benzene rings is 4. The summed E-state index contributed by atoms with van der Waals surface area (Å²) < 4.78 is 34.0. The van der Waals surface area contributed by atoms with Crippen LogP contribution in [-0.2, 0) is 54.2 Å². The summed E-state index contributed by atoms with van der Waals surface area (Å²) in [5, 5.41) is 0. The molecule has 0 radical (unpaired) electrons. The Bertz CT molecular complexity index is 1520. The standard InChI is InChI=1S/C28H31O6P.C8H9O2P/c29-27(33-20-24-12-6-2-7-13-24)17-16-26(28(30)34-21-25-14-8-3-9-15-25)22-35(31,32)19-18-23-10-4-1-5-11-23;9-11(10)7-6-8-4-2-1-3-5-8/h1-15,26H,16-22H2,(H,31,32);1-5H,6-7H2/p+1. The van der Waals surface area contributed by atoms with Gasteiger partial charge in [0.25, 0.3) is 0 Å². The molecular formula is C36H41O8P2+. The Kier molecular flexibility index (Phi) is 16.1. The molecule has 4 aromatic rings. The monoisotopic (exact) mass is 663 g/mol. The first kappa shape index (κ1) is 36.5. The Labute approximate surface area is 271 Å². The fourth-order valence-electron chi connectivity index (χ4n) is 4.49. The van der Waals surface area contributed by atoms with Crippen LogP contribution in [0.25, 0.3) is 0 Å². The van der Waals surface area contributed by atoms with E-state index in [1.807, 2.05) is 121 Å². The van der Waals surface area contributed by atoms with Crippen LogP contribution in [-0.4, -0.2) is 40.2 Å². The van der Waals surface area contributed by atoms with Crippen LogP contribution in [0.4, 0.5) is 0 Å². The molecule has 0 saturated carbocycles. The van der Waals surface area contributed by atoms with E-state index >= 15 is 0 Å². The quantitative estimate of drug-likeness (QED) is 0.0942. The second kappa shape index (κ2) is 20.2. The first-order chi connectivity index (χ1) is 22.2. The molecule has 0 heterocycles. The summed E-state index contributed by atoms with van der Waals surface area (Å²) in [5.41, 5.74) is 3.75. The SMILES string of the molecule is O=C(CCC(CP(=O)(O)CCc1ccccc1)C(=O)OCc1ccccc1)OCc1ccccc1.O=[P+](O)CCc1ccccc1. The summed E-state index contributed by atoms with van der Waals surface area (Å²) in [4.78, 5) is 44.3. The van der Waals surface area contributed by atoms with Gasteiger partial charge in [0.2, 0.25) is 7.37 Å². The highest BCUT2D eigenvalue weighted by Crippen LogP contribution is 2.44. The second-order valence-corrected chi connectivity index (χ2v) is 14.4. The molecule has 0 aliphatic carbocycles. The molecule has 3 unspecified atom stereocenters. The number of aryl methyl sites for hydroxylation is 2. The lowest BCUT2D eigenvalue weighted by Gasteiger charge is -2.19. The molecule has 0 bridgehead atoms. The van der Waals surface area contributed by atoms with E-state index in [0.717, 1.165) is 22.3 Å². The molecule has 46 heavy (non-hydrogen) atoms. The van der Waals surface area contributed by atoms with Crippen LogP contribution in [0, 0.1) is 5.92 Å². The summed E-state index contributed by atoms with van der Waals surface area (Å²) in [7, 11) is -5.61. The normalized spacial score (nSPS) is 12.9. The number of esters is 2. The first-order valence-corrected chi connectivity index (χ1v) is 18.6. The highest BCUT2D eigenvalue weighted by molar-refractivity contribution is 7.58. The summed E-state index contributed by atoms with van der Waals surface area (Å²) >= 11 is 0. The van der Waals surface area contributed by atoms with Crippen molar-refractivity contribution in [1.82, 2.24) is 0 Å². The van der Waals surface area contributed by atoms with Crippen LogP contribution in [0.5, 0.6) is 0 Å². The molecule has 10 heteroatoms. The van der Waals surface area contributed by atoms with Crippen molar-refractivity contribution in [2.75, 3.05) is 18.5 Å². The minimum Gasteiger partial charge on any atom is -0.461 e. The number of carbonyl (C=O) groups is 2. The molecule has 3 atom stereocenters. The van der Waals surface area contributed by atoms with Crippen LogP contribution in [0.3, 0.4) is 0 Å². The molecule has 0 amide bonds. The highest BCUT2D eigenvalue weighted by Gasteiger charge is 2.30. The zero-order chi connectivity index (χ0) is 33.0. The third-order valence-electron chi connectivity index (χ3n) is 7.03. The van der Waals surface area contributed by atoms with Gasteiger partial charge in [0.1, 0.15) is 13.2 Å². The van der Waals surface area contributed by atoms with Crippen molar-refractivity contribution in [1.29, 1.82) is 0 Å². The minimum atomic E-state index is -3.64. The van der Waals surface area contributed by atoms with E-state index in [-0.39, 0.29) is 38.4 Å². The zero-order valence-corrected chi connectivity index (χ0v) is 27.5. The van der Waals surface area contributed by atoms with Crippen molar-refractivity contribution in [3.05, 3.63) is 144 Å². The number of hydrogen-bond acceptors (Lipinski definition) is 6. The third-order valence-corrected chi connectivity index (χ3v) is 9.57. The van der Waals surface area contributed by atoms with E-state index in [2.05, 4.69) is 0 Å². The topological polar surface area (TPSA) is 127 Å². The molecule has 0 fully saturated rings. The van der Waals surface area contributed by atoms with Gasteiger partial charge in [-0.3, -0.25) is 14.2 Å². The van der Waals surface area contributed by atoms with Gasteiger partial charge >= 0.3 is 20.0 Å². The summed E-state index contributed by atoms with van der Waals surface area (Å²) in [5.74, 6) is -1.93. The van der Waals surface area contributed by atoms with Crippen LogP contribution in [0.2, 0.25) is 0 Å². The van der Waals surface area contributed by atoms with E-state index < -0.39 is 33.3 Å². The average Bonchev–Trinajstić information content (AvgIpc) is 3.08. The van der Waals surface area contributed by atoms with E-state index in [0.29, 0.717) is 19.0 Å². The van der Waals surface area contributed by atoms with E-state index in [1.54, 1.807) is 0 Å². The zero-order valence-electron chi connectivity index (χ0n) is 25.7. The van der Waals surface area contributed by atoms with Crippen LogP contribution >= 0.6 is 15.4 Å². The molecule has 0 aliphatic rings. The predicted molar refractivity (Wildman–Crippen MR) is 180 cm³/mol. The maximum Gasteiger partial charge on any atom is 0.505 e. The van der Waals surface area contributed by atoms with Crippen molar-refractivity contribution in [3.63, 3.8) is 0 Å². The molecule has 242 valence electrons. The molecule has 4 rings (SSSR count). The lowest BCUT2D eigenvalue weighted by Crippen LogP contribution is -2.23. The molecule has 2 N–H and O–H groups in total. The van der Waals surface area contributed by atoms with Crippen molar-refractivity contribution in [3.8, 4) is 0 Å². The van der Waals surface area contributed by atoms with Gasteiger partial charge in [0, 0.05) is 25.2 Å². The smallest absolute Gasteiger partial charge is 0.461 e. The van der Waals surface area contributed by atoms with E-state index in [1.165, 1.54) is 0 Å². The van der Waals surface area contributed by atoms with Crippen LogP contribution in [0.15, 0.2) is 121 Å². The van der Waals surface area contributed by atoms with Gasteiger partial charge < -0.3 is 14.4 Å². The second-order valence-electron chi connectivity index (χ2n) is 10.8. The molecule has 0 aliphatic heterocycles. The Morgan fingerprint density at radius 1 is 0.674 bits per heavy atom. The third kappa shape index (κ3) is 15.4. The maximum absolute atomic E-state index is 13.0. The Balaban J connectivity index is 0.000000441. The largest absolute Gasteiger partial charge is 0.505 e. The summed E-state index contributed by atoms with van der Waals surface area (Å²) in [6.07, 6.45) is 1.33. The lowest BCUT2D eigenvalue weighted by atomic mass is 10.1. The van der Waals surface area contributed by atoms with E-state index in [9.17, 15) is 23.6 Å². The van der Waals surface area contributed by atoms with Gasteiger partial charge in [-0.15, -0.1) is 0 Å². The fraction of sp³-hybridized carbons (Fsp3) is 0.278. The lowest BCUT2D eigenvalue weighted by molar-refractivity contribution is -0.150. The predicted octanol–water partition coefficient (Wildman–Crippen LogP) is 7.35. The van der Waals surface area contributed by atoms with Crippen molar-refractivity contribution in [2.45, 2.75) is 38.9 Å². The first-order valence-electron chi connectivity index (χ1n) is 15.1. The molecule has 0 saturated heterocycles. The number of ether oxygens (including phenoxy) is 2. The molecular weight excluding hydrogens is 622 g/mol. The average molecular weight is 664 g/mol. The summed E-state index contributed by atoms with van der Waals surface area (Å²) in [6, 6.07) is 37.7. The highest BCUT2D eigenvalue weighted by atomic mass is 31.2. The molecule has 8 nitrogen and oxygen atoms in total. The number of hydrogen-bond donors (Lipinski definition) is 2. The van der Waals surface area contributed by atoms with Crippen molar-refractivity contribution < 1.29 is 38.0 Å². The van der Waals surface area contributed by atoms with Gasteiger partial charge in [0.05, 0.1) is 5.92 Å². The van der Waals surface area contributed by atoms with Gasteiger partial charge in [0.15, 0.2) is 6.16 Å². The minimum absolute atomic E-state index is 0.0450. The summed E-state index contributed by atoms with van der Waals surface area (Å²) in [6.45, 7) is 0.201. The maximum atomic E-state index is 13.0. The molecule has 0 aromatic heterocycles. The van der Waals surface area contributed by atoms with Crippen molar-refractivity contribution in [2.24, 2.45) is 5.92 Å². The van der Waals surface area contributed by atoms with Gasteiger partial charge in [-0.2, -0.15) is 4.89 Å². The van der Waals surface area contributed by atoms with Crippen LogP contribution in [0.1, 0.15) is 35.1 Å². The number of carbonyl (C=O) groups excluding carboxylic acids is 2. The van der Waals surface area contributed by atoms with Crippen LogP contribution < -0.4 is 0 Å². The van der Waals surface area contributed by atoms with Crippen molar-refractivity contribution >= 4 is 27.3 Å². The number of rotatable bonds is 16. The van der Waals surface area contributed by atoms with Gasteiger partial charge in [-0.1, -0.05) is 121 Å². The van der Waals surface area contributed by atoms with Gasteiger partial charge in [-0.05, 0) is 39.7 Å². The van der Waals surface area contributed by atoms with Gasteiger partial charge in [-0.25, -0.2) is 0 Å². The molecule has 4 aromatic carbocycles. The molecule has 0 spiro atoms. The fourth-order valence-corrected chi connectivity index (χ4v) is 6.75. The Hall–Kier alpha value is -3.93. The Morgan fingerprint density at radius 3 is 1.59 bits per heavy atom. The Morgan fingerprint density at radius 2 is 1.11 bits per heavy atom. The van der Waals surface area contributed by atoms with E-state index in [4.69, 9.17) is 14.4 Å².